The molecule has 0 aromatic heterocycles. The molecule has 0 heterocycles. The molecule has 0 aliphatic heterocycles. The van der Waals surface area contributed by atoms with Crippen molar-refractivity contribution in [3.05, 3.63) is 0 Å². The summed E-state index contributed by atoms with van der Waals surface area (Å²) >= 11 is 0. The Hall–Kier alpha value is -0.170. The van der Waals surface area contributed by atoms with Gasteiger partial charge in [-0.25, -0.2) is 0 Å². The summed E-state index contributed by atoms with van der Waals surface area (Å²) in [5, 5.41) is 9.51. The predicted molar refractivity (Wildman–Crippen MR) is 82.2 cm³/mol. The molecule has 2 unspecified atom stereocenters. The summed E-state index contributed by atoms with van der Waals surface area (Å²) < 4.78 is 29.8. The summed E-state index contributed by atoms with van der Waals surface area (Å²) in [5.41, 5.74) is 5.69. The number of rotatable bonds is 13. The Labute approximate surface area is 123 Å². The third-order valence-corrected chi connectivity index (χ3v) is 4.28. The van der Waals surface area contributed by atoms with Crippen LogP contribution in [0, 0.1) is 0 Å². The zero-order chi connectivity index (χ0) is 15.4. The highest BCUT2D eigenvalue weighted by Gasteiger charge is 2.20. The first-order chi connectivity index (χ1) is 9.37. The second-order valence-corrected chi connectivity index (χ2v) is 7.09. The molecule has 0 rings (SSSR count). The fraction of sp³-hybridized carbons (Fsp3) is 1.00. The highest BCUT2D eigenvalue weighted by molar-refractivity contribution is 7.85. The molecule has 0 aliphatic rings. The van der Waals surface area contributed by atoms with Crippen LogP contribution in [-0.4, -0.2) is 36.0 Å². The van der Waals surface area contributed by atoms with Gasteiger partial charge in [-0.15, -0.1) is 0 Å². The lowest BCUT2D eigenvalue weighted by atomic mass is 10.0. The number of hydrogen-bond acceptors (Lipinski definition) is 4. The normalized spacial score (nSPS) is 15.2. The third kappa shape index (κ3) is 12.8. The van der Waals surface area contributed by atoms with Crippen molar-refractivity contribution in [2.45, 2.75) is 83.3 Å². The Morgan fingerprint density at radius 1 is 0.950 bits per heavy atom. The van der Waals surface area contributed by atoms with Crippen LogP contribution in [0.15, 0.2) is 0 Å². The van der Waals surface area contributed by atoms with Crippen LogP contribution in [0.2, 0.25) is 0 Å². The van der Waals surface area contributed by atoms with Gasteiger partial charge >= 0.3 is 0 Å². The maximum Gasteiger partial charge on any atom is 0.267 e. The Bertz CT molecular complexity index is 319. The minimum absolute atomic E-state index is 0.582. The molecule has 0 bridgehead atoms. The van der Waals surface area contributed by atoms with Crippen LogP contribution in [0.25, 0.3) is 0 Å². The lowest BCUT2D eigenvalue weighted by molar-refractivity contribution is 0.158. The van der Waals surface area contributed by atoms with E-state index in [0.29, 0.717) is 6.42 Å². The maximum atomic E-state index is 10.6. The van der Waals surface area contributed by atoms with E-state index < -0.39 is 28.0 Å². The molecular weight excluding hydrogens is 278 g/mol. The Kier molecular flexibility index (Phi) is 11.4. The van der Waals surface area contributed by atoms with Crippen molar-refractivity contribution >= 4 is 10.1 Å². The number of aliphatic hydroxyl groups excluding tert-OH is 1. The van der Waals surface area contributed by atoms with Crippen LogP contribution in [0.1, 0.15) is 71.1 Å². The number of unbranched alkanes of at least 4 members (excludes halogenated alkanes) is 8. The average Bonchev–Trinajstić information content (AvgIpc) is 2.34. The van der Waals surface area contributed by atoms with Crippen molar-refractivity contribution in [3.8, 4) is 0 Å². The summed E-state index contributed by atoms with van der Waals surface area (Å²) in [4.78, 5) is 0. The standard InChI is InChI=1S/C14H31NO4S/c1-2-3-4-5-6-7-8-9-10-11-13(15)14(16)12-20(17,18)19/h13-14,16H,2-12,15H2,1H3,(H,17,18,19). The van der Waals surface area contributed by atoms with E-state index >= 15 is 0 Å². The fourth-order valence-electron chi connectivity index (χ4n) is 2.22. The van der Waals surface area contributed by atoms with Gasteiger partial charge in [0.2, 0.25) is 0 Å². The highest BCUT2D eigenvalue weighted by atomic mass is 32.2. The van der Waals surface area contributed by atoms with Gasteiger partial charge in [0, 0.05) is 6.04 Å². The van der Waals surface area contributed by atoms with E-state index in [9.17, 15) is 13.5 Å². The number of hydrogen-bond donors (Lipinski definition) is 3. The Balaban J connectivity index is 3.46. The summed E-state index contributed by atoms with van der Waals surface area (Å²) in [6.07, 6.45) is 10.2. The largest absolute Gasteiger partial charge is 0.390 e. The zero-order valence-electron chi connectivity index (χ0n) is 12.6. The van der Waals surface area contributed by atoms with Gasteiger partial charge in [0.15, 0.2) is 0 Å². The SMILES string of the molecule is CCCCCCCCCCCC(N)C(O)CS(=O)(=O)O. The minimum Gasteiger partial charge on any atom is -0.390 e. The van der Waals surface area contributed by atoms with Crippen LogP contribution in [-0.2, 0) is 10.1 Å². The van der Waals surface area contributed by atoms with E-state index in [2.05, 4.69) is 6.92 Å². The molecule has 6 heteroatoms. The van der Waals surface area contributed by atoms with Crippen LogP contribution >= 0.6 is 0 Å². The van der Waals surface area contributed by atoms with E-state index in [1.807, 2.05) is 0 Å². The molecule has 0 aromatic rings. The topological polar surface area (TPSA) is 101 Å². The summed E-state index contributed by atoms with van der Waals surface area (Å²) in [6.45, 7) is 2.21. The molecule has 0 amide bonds. The van der Waals surface area contributed by atoms with Crippen molar-refractivity contribution in [1.29, 1.82) is 0 Å². The van der Waals surface area contributed by atoms with Crippen molar-refractivity contribution in [3.63, 3.8) is 0 Å². The van der Waals surface area contributed by atoms with Gasteiger partial charge in [-0.3, -0.25) is 4.55 Å². The minimum atomic E-state index is -4.15. The molecule has 0 spiro atoms. The van der Waals surface area contributed by atoms with Crippen molar-refractivity contribution in [2.75, 3.05) is 5.75 Å². The van der Waals surface area contributed by atoms with Crippen molar-refractivity contribution in [2.24, 2.45) is 5.73 Å². The first-order valence-electron chi connectivity index (χ1n) is 7.75. The summed E-state index contributed by atoms with van der Waals surface area (Å²) in [5.74, 6) is -0.675. The van der Waals surface area contributed by atoms with Gasteiger partial charge in [0.1, 0.15) is 5.75 Å². The number of aliphatic hydroxyl groups is 1. The first kappa shape index (κ1) is 19.8. The van der Waals surface area contributed by atoms with Gasteiger partial charge in [0.05, 0.1) is 6.10 Å². The zero-order valence-corrected chi connectivity index (χ0v) is 13.4. The van der Waals surface area contributed by atoms with Gasteiger partial charge < -0.3 is 10.8 Å². The van der Waals surface area contributed by atoms with Gasteiger partial charge in [-0.1, -0.05) is 64.7 Å². The second-order valence-electron chi connectivity index (χ2n) is 5.60. The van der Waals surface area contributed by atoms with E-state index in [1.54, 1.807) is 0 Å². The second kappa shape index (κ2) is 11.5. The molecule has 20 heavy (non-hydrogen) atoms. The fourth-order valence-corrected chi connectivity index (χ4v) is 2.90. The van der Waals surface area contributed by atoms with E-state index in [-0.39, 0.29) is 0 Å². The lowest BCUT2D eigenvalue weighted by Crippen LogP contribution is -2.39. The molecule has 0 radical (unpaired) electrons. The highest BCUT2D eigenvalue weighted by Crippen LogP contribution is 2.12. The molecule has 2 atom stereocenters. The molecule has 5 nitrogen and oxygen atoms in total. The third-order valence-electron chi connectivity index (χ3n) is 3.52. The molecule has 0 saturated heterocycles. The quantitative estimate of drug-likeness (QED) is 0.358. The van der Waals surface area contributed by atoms with Crippen molar-refractivity contribution < 1.29 is 18.1 Å². The number of nitrogens with two attached hydrogens (primary N) is 1. The lowest BCUT2D eigenvalue weighted by Gasteiger charge is -2.17. The molecule has 0 saturated carbocycles. The summed E-state index contributed by atoms with van der Waals surface area (Å²) in [7, 11) is -4.15. The Morgan fingerprint density at radius 3 is 1.85 bits per heavy atom. The van der Waals surface area contributed by atoms with Gasteiger partial charge in [-0.05, 0) is 6.42 Å². The molecule has 0 aliphatic carbocycles. The Morgan fingerprint density at radius 2 is 1.40 bits per heavy atom. The van der Waals surface area contributed by atoms with Gasteiger partial charge in [-0.2, -0.15) is 8.42 Å². The van der Waals surface area contributed by atoms with Crippen LogP contribution in [0.5, 0.6) is 0 Å². The summed E-state index contributed by atoms with van der Waals surface area (Å²) in [6, 6.07) is -0.582. The van der Waals surface area contributed by atoms with E-state index in [1.165, 1.54) is 38.5 Å². The monoisotopic (exact) mass is 309 g/mol. The molecule has 4 N–H and O–H groups in total. The average molecular weight is 309 g/mol. The van der Waals surface area contributed by atoms with Crippen LogP contribution in [0.4, 0.5) is 0 Å². The molecule has 122 valence electrons. The molecule has 0 aromatic carbocycles. The van der Waals surface area contributed by atoms with Crippen molar-refractivity contribution in [1.82, 2.24) is 0 Å². The maximum absolute atomic E-state index is 10.6. The smallest absolute Gasteiger partial charge is 0.267 e. The van der Waals surface area contributed by atoms with Crippen LogP contribution < -0.4 is 5.73 Å². The van der Waals surface area contributed by atoms with Crippen LogP contribution in [0.3, 0.4) is 0 Å². The first-order valence-corrected chi connectivity index (χ1v) is 9.36. The predicted octanol–water partition coefficient (Wildman–Crippen LogP) is 2.48. The van der Waals surface area contributed by atoms with E-state index in [0.717, 1.165) is 19.3 Å². The van der Waals surface area contributed by atoms with E-state index in [4.69, 9.17) is 10.3 Å². The van der Waals surface area contributed by atoms with Gasteiger partial charge in [0.25, 0.3) is 10.1 Å². The molecule has 0 fully saturated rings. The molecular formula is C14H31NO4S.